The van der Waals surface area contributed by atoms with Crippen LogP contribution in [0, 0.1) is 6.92 Å². The number of anilines is 1. The summed E-state index contributed by atoms with van der Waals surface area (Å²) in [4.78, 5) is 30.0. The molecule has 0 spiro atoms. The van der Waals surface area contributed by atoms with E-state index in [1.165, 1.54) is 4.90 Å². The molecule has 0 fully saturated rings. The molecule has 2 heterocycles. The Labute approximate surface area is 116 Å². The number of imide groups is 1. The van der Waals surface area contributed by atoms with Crippen LogP contribution in [0.2, 0.25) is 0 Å². The molecule has 0 saturated heterocycles. The van der Waals surface area contributed by atoms with Crippen molar-refractivity contribution in [1.82, 2.24) is 9.88 Å². The molecule has 0 bridgehead atoms. The van der Waals surface area contributed by atoms with Crippen molar-refractivity contribution in [3.05, 3.63) is 58.9 Å². The Balaban J connectivity index is 1.96. The summed E-state index contributed by atoms with van der Waals surface area (Å²) < 4.78 is 0. The second-order valence-electron chi connectivity index (χ2n) is 4.77. The number of fused-ring (bicyclic) bond motifs is 1. The highest BCUT2D eigenvalue weighted by molar-refractivity contribution is 6.21. The molecule has 3 rings (SSSR count). The number of hydrogen-bond donors (Lipinski definition) is 1. The van der Waals surface area contributed by atoms with Crippen LogP contribution in [0.5, 0.6) is 0 Å². The molecule has 2 amide bonds. The molecule has 100 valence electrons. The van der Waals surface area contributed by atoms with Gasteiger partial charge in [-0.1, -0.05) is 6.07 Å². The number of hydrogen-bond acceptors (Lipinski definition) is 4. The zero-order valence-electron chi connectivity index (χ0n) is 11.0. The van der Waals surface area contributed by atoms with E-state index in [0.29, 0.717) is 16.8 Å². The van der Waals surface area contributed by atoms with Gasteiger partial charge in [-0.3, -0.25) is 19.5 Å². The number of nitrogens with zero attached hydrogens (tertiary/aromatic N) is 2. The van der Waals surface area contributed by atoms with Crippen molar-refractivity contribution in [1.29, 1.82) is 0 Å². The Morgan fingerprint density at radius 3 is 2.65 bits per heavy atom. The van der Waals surface area contributed by atoms with E-state index in [2.05, 4.69) is 4.98 Å². The summed E-state index contributed by atoms with van der Waals surface area (Å²) in [5, 5.41) is 0. The van der Waals surface area contributed by atoms with Crippen molar-refractivity contribution >= 4 is 17.5 Å². The Morgan fingerprint density at radius 2 is 1.90 bits per heavy atom. The van der Waals surface area contributed by atoms with Gasteiger partial charge in [0.1, 0.15) is 0 Å². The SMILES string of the molecule is Cc1cccnc1CN1C(=O)c2ccc(N)cc2C1=O. The summed E-state index contributed by atoms with van der Waals surface area (Å²) in [7, 11) is 0. The van der Waals surface area contributed by atoms with Crippen molar-refractivity contribution in [2.75, 3.05) is 5.73 Å². The van der Waals surface area contributed by atoms with Crippen molar-refractivity contribution in [3.63, 3.8) is 0 Å². The van der Waals surface area contributed by atoms with Gasteiger partial charge >= 0.3 is 0 Å². The quantitative estimate of drug-likeness (QED) is 0.664. The molecule has 0 saturated carbocycles. The lowest BCUT2D eigenvalue weighted by Gasteiger charge is -2.14. The fourth-order valence-electron chi connectivity index (χ4n) is 2.29. The maximum absolute atomic E-state index is 12.3. The molecule has 1 aliphatic heterocycles. The lowest BCUT2D eigenvalue weighted by atomic mass is 10.1. The van der Waals surface area contributed by atoms with E-state index in [0.717, 1.165) is 11.3 Å². The van der Waals surface area contributed by atoms with Gasteiger partial charge in [0.15, 0.2) is 0 Å². The van der Waals surface area contributed by atoms with Crippen molar-refractivity contribution in [2.45, 2.75) is 13.5 Å². The molecule has 2 N–H and O–H groups in total. The highest BCUT2D eigenvalue weighted by Gasteiger charge is 2.35. The van der Waals surface area contributed by atoms with Gasteiger partial charge in [0.05, 0.1) is 23.4 Å². The topological polar surface area (TPSA) is 76.3 Å². The van der Waals surface area contributed by atoms with Gasteiger partial charge in [-0.25, -0.2) is 0 Å². The zero-order chi connectivity index (χ0) is 14.3. The minimum atomic E-state index is -0.317. The van der Waals surface area contributed by atoms with Crippen LogP contribution >= 0.6 is 0 Å². The molecular formula is C15H13N3O2. The number of carbonyl (C=O) groups excluding carboxylic acids is 2. The Bertz CT molecular complexity index is 725. The first-order valence-electron chi connectivity index (χ1n) is 6.24. The van der Waals surface area contributed by atoms with Crippen molar-refractivity contribution in [2.24, 2.45) is 0 Å². The van der Waals surface area contributed by atoms with E-state index in [1.807, 2.05) is 19.1 Å². The first-order valence-corrected chi connectivity index (χ1v) is 6.24. The molecule has 0 atom stereocenters. The number of carbonyl (C=O) groups is 2. The summed E-state index contributed by atoms with van der Waals surface area (Å²) in [6, 6.07) is 8.48. The molecule has 5 nitrogen and oxygen atoms in total. The molecule has 0 radical (unpaired) electrons. The second-order valence-corrected chi connectivity index (χ2v) is 4.77. The van der Waals surface area contributed by atoms with Gasteiger partial charge < -0.3 is 5.73 Å². The molecular weight excluding hydrogens is 254 g/mol. The largest absolute Gasteiger partial charge is 0.399 e. The lowest BCUT2D eigenvalue weighted by Crippen LogP contribution is -2.29. The zero-order valence-corrected chi connectivity index (χ0v) is 11.0. The highest BCUT2D eigenvalue weighted by Crippen LogP contribution is 2.26. The number of pyridine rings is 1. The molecule has 5 heteroatoms. The monoisotopic (exact) mass is 267 g/mol. The Hall–Kier alpha value is -2.69. The van der Waals surface area contributed by atoms with Gasteiger partial charge in [0, 0.05) is 11.9 Å². The van der Waals surface area contributed by atoms with Crippen molar-refractivity contribution in [3.8, 4) is 0 Å². The van der Waals surface area contributed by atoms with Crippen LogP contribution in [-0.2, 0) is 6.54 Å². The van der Waals surface area contributed by atoms with E-state index in [9.17, 15) is 9.59 Å². The van der Waals surface area contributed by atoms with E-state index < -0.39 is 0 Å². The summed E-state index contributed by atoms with van der Waals surface area (Å²) >= 11 is 0. The Kier molecular flexibility index (Phi) is 2.75. The number of aryl methyl sites for hydroxylation is 1. The van der Waals surface area contributed by atoms with Gasteiger partial charge in [-0.15, -0.1) is 0 Å². The van der Waals surface area contributed by atoms with Crippen LogP contribution in [-0.4, -0.2) is 21.7 Å². The molecule has 0 aliphatic carbocycles. The number of rotatable bonds is 2. The van der Waals surface area contributed by atoms with Crippen LogP contribution < -0.4 is 5.73 Å². The first-order chi connectivity index (χ1) is 9.58. The van der Waals surface area contributed by atoms with Crippen LogP contribution in [0.3, 0.4) is 0 Å². The predicted molar refractivity (Wildman–Crippen MR) is 74.0 cm³/mol. The maximum atomic E-state index is 12.3. The van der Waals surface area contributed by atoms with Gasteiger partial charge in [-0.2, -0.15) is 0 Å². The smallest absolute Gasteiger partial charge is 0.261 e. The minimum Gasteiger partial charge on any atom is -0.399 e. The van der Waals surface area contributed by atoms with E-state index >= 15 is 0 Å². The average Bonchev–Trinajstić information content (AvgIpc) is 2.66. The third-order valence-corrected chi connectivity index (χ3v) is 3.42. The summed E-state index contributed by atoms with van der Waals surface area (Å²) in [5.41, 5.74) is 8.57. The van der Waals surface area contributed by atoms with Gasteiger partial charge in [0.2, 0.25) is 0 Å². The van der Waals surface area contributed by atoms with E-state index in [-0.39, 0.29) is 18.4 Å². The summed E-state index contributed by atoms with van der Waals surface area (Å²) in [6.07, 6.45) is 1.65. The maximum Gasteiger partial charge on any atom is 0.261 e. The molecule has 20 heavy (non-hydrogen) atoms. The summed E-state index contributed by atoms with van der Waals surface area (Å²) in [6.45, 7) is 2.08. The van der Waals surface area contributed by atoms with Crippen molar-refractivity contribution < 1.29 is 9.59 Å². The number of nitrogens with two attached hydrogens (primary N) is 1. The number of benzene rings is 1. The van der Waals surface area contributed by atoms with Gasteiger partial charge in [-0.05, 0) is 36.8 Å². The predicted octanol–water partition coefficient (Wildman–Crippen LogP) is 1.77. The number of aromatic nitrogens is 1. The van der Waals surface area contributed by atoms with Crippen LogP contribution in [0.1, 0.15) is 32.0 Å². The number of amides is 2. The molecule has 2 aromatic rings. The van der Waals surface area contributed by atoms with Crippen LogP contribution in [0.25, 0.3) is 0 Å². The first kappa shape index (κ1) is 12.3. The lowest BCUT2D eigenvalue weighted by molar-refractivity contribution is 0.0640. The van der Waals surface area contributed by atoms with Crippen LogP contribution in [0.15, 0.2) is 36.5 Å². The fraction of sp³-hybridized carbons (Fsp3) is 0.133. The Morgan fingerprint density at radius 1 is 1.15 bits per heavy atom. The molecule has 0 unspecified atom stereocenters. The highest BCUT2D eigenvalue weighted by atomic mass is 16.2. The number of nitrogen functional groups attached to an aromatic ring is 1. The standard InChI is InChI=1S/C15H13N3O2/c1-9-3-2-6-17-13(9)8-18-14(19)11-5-4-10(16)7-12(11)15(18)20/h2-7H,8,16H2,1H3. The minimum absolute atomic E-state index is 0.179. The fourth-order valence-corrected chi connectivity index (χ4v) is 2.29. The van der Waals surface area contributed by atoms with E-state index in [1.54, 1.807) is 24.4 Å². The van der Waals surface area contributed by atoms with Crippen LogP contribution in [0.4, 0.5) is 5.69 Å². The summed E-state index contributed by atoms with van der Waals surface area (Å²) in [5.74, 6) is -0.614. The second kappa shape index (κ2) is 4.45. The average molecular weight is 267 g/mol. The van der Waals surface area contributed by atoms with Gasteiger partial charge in [0.25, 0.3) is 11.8 Å². The third-order valence-electron chi connectivity index (χ3n) is 3.42. The molecule has 1 aromatic carbocycles. The third kappa shape index (κ3) is 1.84. The normalized spacial score (nSPS) is 13.8. The molecule has 1 aliphatic rings. The van der Waals surface area contributed by atoms with E-state index in [4.69, 9.17) is 5.73 Å². The molecule has 1 aromatic heterocycles.